The van der Waals surface area contributed by atoms with E-state index >= 15 is 0 Å². The van der Waals surface area contributed by atoms with Crippen LogP contribution in [0.3, 0.4) is 0 Å². The van der Waals surface area contributed by atoms with Crippen molar-refractivity contribution in [3.05, 3.63) is 17.3 Å². The van der Waals surface area contributed by atoms with Crippen LogP contribution in [0.15, 0.2) is 4.42 Å². The third-order valence-electron chi connectivity index (χ3n) is 5.19. The number of oxazole rings is 1. The molecule has 1 aromatic rings. The van der Waals surface area contributed by atoms with Gasteiger partial charge in [-0.2, -0.15) is 0 Å². The number of ether oxygens (including phenoxy) is 1. The molecule has 2 heterocycles. The summed E-state index contributed by atoms with van der Waals surface area (Å²) in [6.07, 6.45) is 2.07. The van der Waals surface area contributed by atoms with Gasteiger partial charge in [0, 0.05) is 38.5 Å². The molecule has 1 aromatic heterocycles. The Balaban J connectivity index is 1.67. The summed E-state index contributed by atoms with van der Waals surface area (Å²) in [5, 5.41) is 10.2. The largest absolute Gasteiger partial charge is 0.436 e. The number of rotatable bonds is 3. The van der Waals surface area contributed by atoms with Gasteiger partial charge >= 0.3 is 0 Å². The Kier molecular flexibility index (Phi) is 3.99. The highest BCUT2D eigenvalue weighted by Crippen LogP contribution is 2.51. The first-order valence-electron chi connectivity index (χ1n) is 8.01. The fourth-order valence-corrected chi connectivity index (χ4v) is 3.82. The zero-order valence-corrected chi connectivity index (χ0v) is 13.5. The summed E-state index contributed by atoms with van der Waals surface area (Å²) in [4.78, 5) is 18.5. The van der Waals surface area contributed by atoms with E-state index in [1.807, 2.05) is 6.92 Å². The van der Waals surface area contributed by atoms with Crippen LogP contribution in [0.4, 0.5) is 0 Å². The van der Waals surface area contributed by atoms with Gasteiger partial charge in [-0.05, 0) is 26.7 Å². The number of nitrogens with zero attached hydrogens (tertiary/aromatic N) is 2. The number of likely N-dealkylation sites (tertiary alicyclic amines) is 1. The van der Waals surface area contributed by atoms with Crippen LogP contribution in [-0.4, -0.2) is 52.8 Å². The molecule has 0 bridgehead atoms. The lowest BCUT2D eigenvalue weighted by Crippen LogP contribution is -2.62. The molecule has 2 atom stereocenters. The molecule has 0 radical (unpaired) electrons. The Morgan fingerprint density at radius 2 is 2.14 bits per heavy atom. The predicted octanol–water partition coefficient (Wildman–Crippen LogP) is 1.68. The van der Waals surface area contributed by atoms with Gasteiger partial charge in [0.25, 0.3) is 5.91 Å². The van der Waals surface area contributed by atoms with Crippen LogP contribution < -0.4 is 0 Å². The summed E-state index contributed by atoms with van der Waals surface area (Å²) in [6.45, 7) is 7.42. The number of aliphatic hydroxyl groups excluding tert-OH is 1. The number of aromatic nitrogens is 1. The van der Waals surface area contributed by atoms with Crippen LogP contribution in [0.2, 0.25) is 0 Å². The van der Waals surface area contributed by atoms with Crippen molar-refractivity contribution in [1.82, 2.24) is 9.88 Å². The van der Waals surface area contributed by atoms with Gasteiger partial charge in [0.1, 0.15) is 0 Å². The number of aryl methyl sites for hydroxylation is 2. The molecule has 1 saturated carbocycles. The molecule has 1 amide bonds. The Morgan fingerprint density at radius 3 is 2.64 bits per heavy atom. The number of amides is 1. The summed E-state index contributed by atoms with van der Waals surface area (Å²) in [5.41, 5.74) is 0.470. The van der Waals surface area contributed by atoms with Crippen molar-refractivity contribution in [2.75, 3.05) is 19.7 Å². The summed E-state index contributed by atoms with van der Waals surface area (Å²) in [7, 11) is 0. The molecule has 2 fully saturated rings. The van der Waals surface area contributed by atoms with Crippen LogP contribution in [0, 0.1) is 19.3 Å². The second-order valence-electron chi connectivity index (χ2n) is 6.37. The molecule has 1 aliphatic heterocycles. The average molecular weight is 308 g/mol. The predicted molar refractivity (Wildman–Crippen MR) is 79.6 cm³/mol. The van der Waals surface area contributed by atoms with Gasteiger partial charge < -0.3 is 19.2 Å². The number of aliphatic hydroxyl groups is 1. The third kappa shape index (κ3) is 2.34. The summed E-state index contributed by atoms with van der Waals surface area (Å²) in [5.74, 6) is 0.749. The lowest BCUT2D eigenvalue weighted by molar-refractivity contribution is -0.207. The molecule has 3 rings (SSSR count). The van der Waals surface area contributed by atoms with Crippen molar-refractivity contribution in [2.24, 2.45) is 5.41 Å². The topological polar surface area (TPSA) is 75.8 Å². The van der Waals surface area contributed by atoms with E-state index in [1.165, 1.54) is 0 Å². The third-order valence-corrected chi connectivity index (χ3v) is 5.19. The number of hydrogen-bond acceptors (Lipinski definition) is 5. The monoisotopic (exact) mass is 308 g/mol. The van der Waals surface area contributed by atoms with Gasteiger partial charge in [-0.3, -0.25) is 4.79 Å². The van der Waals surface area contributed by atoms with Crippen molar-refractivity contribution in [2.45, 2.75) is 52.2 Å². The summed E-state index contributed by atoms with van der Waals surface area (Å²) < 4.78 is 11.2. The quantitative estimate of drug-likeness (QED) is 0.919. The smallest absolute Gasteiger partial charge is 0.291 e. The molecule has 22 heavy (non-hydrogen) atoms. The van der Waals surface area contributed by atoms with Crippen molar-refractivity contribution in [1.29, 1.82) is 0 Å². The fourth-order valence-electron chi connectivity index (χ4n) is 3.82. The number of carbonyl (C=O) groups excluding carboxylic acids is 1. The van der Waals surface area contributed by atoms with E-state index in [0.717, 1.165) is 12.8 Å². The van der Waals surface area contributed by atoms with Crippen LogP contribution in [0.5, 0.6) is 0 Å². The van der Waals surface area contributed by atoms with Gasteiger partial charge in [-0.1, -0.05) is 0 Å². The molecule has 1 aliphatic carbocycles. The van der Waals surface area contributed by atoms with Crippen molar-refractivity contribution in [3.8, 4) is 0 Å². The lowest BCUT2D eigenvalue weighted by atomic mass is 9.58. The minimum atomic E-state index is -0.310. The average Bonchev–Trinajstić information content (AvgIpc) is 2.85. The second kappa shape index (κ2) is 5.66. The molecule has 6 heteroatoms. The van der Waals surface area contributed by atoms with Crippen LogP contribution >= 0.6 is 0 Å². The molecule has 0 unspecified atom stereocenters. The van der Waals surface area contributed by atoms with E-state index in [2.05, 4.69) is 4.98 Å². The number of piperidine rings is 1. The first kappa shape index (κ1) is 15.5. The van der Waals surface area contributed by atoms with E-state index in [0.29, 0.717) is 43.5 Å². The van der Waals surface area contributed by atoms with Gasteiger partial charge in [0.2, 0.25) is 5.76 Å². The first-order valence-corrected chi connectivity index (χ1v) is 8.01. The Bertz CT molecular complexity index is 558. The highest BCUT2D eigenvalue weighted by molar-refractivity contribution is 5.92. The minimum absolute atomic E-state index is 0.102. The van der Waals surface area contributed by atoms with Crippen LogP contribution in [0.25, 0.3) is 0 Å². The van der Waals surface area contributed by atoms with Gasteiger partial charge in [0.05, 0.1) is 17.9 Å². The highest BCUT2D eigenvalue weighted by atomic mass is 16.5. The van der Waals surface area contributed by atoms with Gasteiger partial charge in [-0.25, -0.2) is 4.98 Å². The number of carbonyl (C=O) groups is 1. The Morgan fingerprint density at radius 1 is 1.45 bits per heavy atom. The van der Waals surface area contributed by atoms with Crippen LogP contribution in [-0.2, 0) is 4.74 Å². The molecular weight excluding hydrogens is 284 g/mol. The molecule has 122 valence electrons. The van der Waals surface area contributed by atoms with Gasteiger partial charge in [0.15, 0.2) is 5.89 Å². The normalized spacial score (nSPS) is 27.0. The van der Waals surface area contributed by atoms with E-state index in [-0.39, 0.29) is 23.5 Å². The zero-order valence-electron chi connectivity index (χ0n) is 13.5. The second-order valence-corrected chi connectivity index (χ2v) is 6.37. The molecule has 0 aromatic carbocycles. The fraction of sp³-hybridized carbons (Fsp3) is 0.750. The maximum Gasteiger partial charge on any atom is 0.291 e. The molecule has 1 spiro atoms. The van der Waals surface area contributed by atoms with Crippen molar-refractivity contribution < 1.29 is 19.1 Å². The molecule has 1 N–H and O–H groups in total. The number of hydrogen-bond donors (Lipinski definition) is 1. The standard InChI is InChI=1S/C16H24N2O4/c1-4-21-13-9-12(19)16(13)5-7-18(8-6-16)15(20)14-10(2)17-11(3)22-14/h12-13,19H,4-9H2,1-3H3/t12-,13+/m0/s1. The van der Waals surface area contributed by atoms with Gasteiger partial charge in [-0.15, -0.1) is 0 Å². The summed E-state index contributed by atoms with van der Waals surface area (Å²) in [6, 6.07) is 0. The van der Waals surface area contributed by atoms with E-state index in [9.17, 15) is 9.90 Å². The van der Waals surface area contributed by atoms with E-state index < -0.39 is 0 Å². The van der Waals surface area contributed by atoms with Crippen molar-refractivity contribution in [3.63, 3.8) is 0 Å². The first-order chi connectivity index (χ1) is 10.5. The van der Waals surface area contributed by atoms with E-state index in [1.54, 1.807) is 18.7 Å². The Labute approximate surface area is 130 Å². The minimum Gasteiger partial charge on any atom is -0.436 e. The van der Waals surface area contributed by atoms with Crippen LogP contribution in [0.1, 0.15) is 48.3 Å². The maximum atomic E-state index is 12.5. The molecule has 2 aliphatic rings. The summed E-state index contributed by atoms with van der Waals surface area (Å²) >= 11 is 0. The molecule has 6 nitrogen and oxygen atoms in total. The molecule has 1 saturated heterocycles. The Hall–Kier alpha value is -1.40. The molecular formula is C16H24N2O4. The SMILES string of the molecule is CCO[C@@H]1C[C@H](O)C12CCN(C(=O)c1oc(C)nc1C)CC2. The van der Waals surface area contributed by atoms with Crippen molar-refractivity contribution >= 4 is 5.91 Å². The highest BCUT2D eigenvalue weighted by Gasteiger charge is 2.56. The lowest BCUT2D eigenvalue weighted by Gasteiger charge is -2.56. The zero-order chi connectivity index (χ0) is 15.9. The maximum absolute atomic E-state index is 12.5. The van der Waals surface area contributed by atoms with E-state index in [4.69, 9.17) is 9.15 Å².